The minimum atomic E-state index is -5.08. The number of aromatic nitrogens is 1. The molecule has 0 atom stereocenters. The van der Waals surface area contributed by atoms with Crippen LogP contribution in [0.2, 0.25) is 0 Å². The molecule has 0 saturated heterocycles. The van der Waals surface area contributed by atoms with Crippen molar-refractivity contribution in [2.75, 3.05) is 12.8 Å². The van der Waals surface area contributed by atoms with Crippen LogP contribution in [0.3, 0.4) is 0 Å². The predicted octanol–water partition coefficient (Wildman–Crippen LogP) is 5.37. The zero-order chi connectivity index (χ0) is 31.7. The first-order valence-corrected chi connectivity index (χ1v) is 15.9. The molecule has 1 heterocycles. The van der Waals surface area contributed by atoms with Crippen molar-refractivity contribution in [2.45, 2.75) is 49.5 Å². The fourth-order valence-electron chi connectivity index (χ4n) is 4.83. The second kappa shape index (κ2) is 14.6. The Morgan fingerprint density at radius 3 is 1.95 bits per heavy atom. The Hall–Kier alpha value is -4.06. The molecule has 0 unspecified atom stereocenters. The third-order valence-corrected chi connectivity index (χ3v) is 8.36. The summed E-state index contributed by atoms with van der Waals surface area (Å²) < 4.78 is 54.9. The molecule has 0 bridgehead atoms. The van der Waals surface area contributed by atoms with E-state index in [1.165, 1.54) is 22.9 Å². The van der Waals surface area contributed by atoms with Crippen LogP contribution in [0, 0.1) is 0 Å². The van der Waals surface area contributed by atoms with E-state index in [-0.39, 0.29) is 0 Å². The van der Waals surface area contributed by atoms with Crippen molar-refractivity contribution in [3.05, 3.63) is 119 Å². The van der Waals surface area contributed by atoms with Gasteiger partial charge in [-0.25, -0.2) is 13.2 Å². The first kappa shape index (κ1) is 32.8. The monoisotopic (exact) mass is 625 g/mol. The Morgan fingerprint density at radius 1 is 0.864 bits per heavy atom. The summed E-state index contributed by atoms with van der Waals surface area (Å²) in [5.41, 5.74) is 8.57. The van der Waals surface area contributed by atoms with Crippen molar-refractivity contribution < 1.29 is 31.5 Å². The average molecular weight is 626 g/mol. The Labute approximate surface area is 255 Å². The van der Waals surface area contributed by atoms with Crippen LogP contribution in [0.25, 0.3) is 11.3 Å². The lowest BCUT2D eigenvalue weighted by Crippen LogP contribution is -2.28. The summed E-state index contributed by atoms with van der Waals surface area (Å²) in [7, 11) is -3.15. The molecule has 0 spiro atoms. The number of alkyl halides is 3. The zero-order valence-electron chi connectivity index (χ0n) is 24.1. The van der Waals surface area contributed by atoms with Crippen LogP contribution >= 0.6 is 0 Å². The maximum atomic E-state index is 11.6. The number of nitrogens with one attached hydrogen (secondary N) is 2. The van der Waals surface area contributed by atoms with Crippen LogP contribution < -0.4 is 10.6 Å². The molecule has 44 heavy (non-hydrogen) atoms. The molecule has 4 aromatic rings. The standard InChI is InChI=1S/C31H33N3O2S.C2HF3O2/c1-37(35,36)30-13-8-23(9-14-30)16-17-32-20-25-10-15-31(34-22-25)26-11-6-24(7-12-26)21-33-29-18-27-4-2-3-5-28(27)19-29;3-2(4,5)1(6)7/h2-15,22,29,32-33H,16-21H2,1H3;(H,6,7). The highest BCUT2D eigenvalue weighted by molar-refractivity contribution is 7.90. The highest BCUT2D eigenvalue weighted by Gasteiger charge is 2.38. The number of benzene rings is 3. The van der Waals surface area contributed by atoms with E-state index in [2.05, 4.69) is 76.3 Å². The lowest BCUT2D eigenvalue weighted by molar-refractivity contribution is -0.192. The smallest absolute Gasteiger partial charge is 0.475 e. The number of halogens is 3. The van der Waals surface area contributed by atoms with Gasteiger partial charge in [0.15, 0.2) is 9.84 Å². The van der Waals surface area contributed by atoms with Gasteiger partial charge >= 0.3 is 12.1 Å². The van der Waals surface area contributed by atoms with Gasteiger partial charge in [0.25, 0.3) is 0 Å². The van der Waals surface area contributed by atoms with Crippen LogP contribution in [0.15, 0.2) is 96.0 Å². The molecule has 1 aromatic heterocycles. The minimum Gasteiger partial charge on any atom is -0.475 e. The number of hydrogen-bond acceptors (Lipinski definition) is 6. The zero-order valence-corrected chi connectivity index (χ0v) is 25.0. The highest BCUT2D eigenvalue weighted by Crippen LogP contribution is 2.23. The van der Waals surface area contributed by atoms with E-state index in [1.54, 1.807) is 12.1 Å². The van der Waals surface area contributed by atoms with Crippen LogP contribution in [0.5, 0.6) is 0 Å². The molecule has 0 saturated carbocycles. The minimum absolute atomic E-state index is 0.358. The molecule has 11 heteroatoms. The molecule has 0 aliphatic heterocycles. The summed E-state index contributed by atoms with van der Waals surface area (Å²) in [6.07, 6.45) is 1.13. The topological polar surface area (TPSA) is 108 Å². The van der Waals surface area contributed by atoms with Crippen molar-refractivity contribution in [1.29, 1.82) is 0 Å². The Morgan fingerprint density at radius 2 is 1.43 bits per heavy atom. The first-order valence-electron chi connectivity index (χ1n) is 14.0. The molecule has 7 nitrogen and oxygen atoms in total. The quantitative estimate of drug-likeness (QED) is 0.203. The summed E-state index contributed by atoms with van der Waals surface area (Å²) in [6, 6.07) is 29.2. The molecular formula is C33H34F3N3O4S. The van der Waals surface area contributed by atoms with Gasteiger partial charge in [0.1, 0.15) is 0 Å². The molecule has 232 valence electrons. The van der Waals surface area contributed by atoms with Crippen LogP contribution in [0.4, 0.5) is 13.2 Å². The van der Waals surface area contributed by atoms with Gasteiger partial charge in [-0.2, -0.15) is 13.2 Å². The van der Waals surface area contributed by atoms with E-state index in [1.807, 2.05) is 18.3 Å². The number of carbonyl (C=O) groups is 1. The van der Waals surface area contributed by atoms with Gasteiger partial charge in [-0.1, -0.05) is 66.7 Å². The van der Waals surface area contributed by atoms with Crippen molar-refractivity contribution >= 4 is 15.8 Å². The first-order chi connectivity index (χ1) is 20.9. The third kappa shape index (κ3) is 9.73. The fraction of sp³-hybridized carbons (Fsp3) is 0.273. The Balaban J connectivity index is 0.000000566. The number of nitrogens with zero attached hydrogens (tertiary/aromatic N) is 1. The highest BCUT2D eigenvalue weighted by atomic mass is 32.2. The lowest BCUT2D eigenvalue weighted by Gasteiger charge is -2.12. The van der Waals surface area contributed by atoms with Crippen molar-refractivity contribution in [3.63, 3.8) is 0 Å². The average Bonchev–Trinajstić information content (AvgIpc) is 3.42. The number of sulfone groups is 1. The van der Waals surface area contributed by atoms with Gasteiger partial charge in [-0.3, -0.25) is 4.98 Å². The number of aliphatic carboxylic acids is 1. The summed E-state index contributed by atoms with van der Waals surface area (Å²) >= 11 is 0. The van der Waals surface area contributed by atoms with E-state index < -0.39 is 22.0 Å². The van der Waals surface area contributed by atoms with Gasteiger partial charge in [0.05, 0.1) is 10.6 Å². The predicted molar refractivity (Wildman–Crippen MR) is 163 cm³/mol. The van der Waals surface area contributed by atoms with Crippen LogP contribution in [-0.4, -0.2) is 49.5 Å². The van der Waals surface area contributed by atoms with Gasteiger partial charge < -0.3 is 15.7 Å². The maximum absolute atomic E-state index is 11.6. The second-order valence-electron chi connectivity index (χ2n) is 10.6. The Kier molecular flexibility index (Phi) is 10.9. The maximum Gasteiger partial charge on any atom is 0.490 e. The molecule has 3 aromatic carbocycles. The molecule has 0 radical (unpaired) electrons. The number of pyridine rings is 1. The van der Waals surface area contributed by atoms with Crippen LogP contribution in [0.1, 0.15) is 27.8 Å². The molecule has 0 fully saturated rings. The lowest BCUT2D eigenvalue weighted by atomic mass is 10.1. The summed E-state index contributed by atoms with van der Waals surface area (Å²) in [6.45, 7) is 2.42. The second-order valence-corrected chi connectivity index (χ2v) is 12.7. The van der Waals surface area contributed by atoms with Crippen LogP contribution in [-0.2, 0) is 47.0 Å². The summed E-state index contributed by atoms with van der Waals surface area (Å²) in [5.74, 6) is -2.76. The Bertz CT molecular complexity index is 1620. The number of hydrogen-bond donors (Lipinski definition) is 3. The molecule has 1 aliphatic rings. The summed E-state index contributed by atoms with van der Waals surface area (Å²) in [4.78, 5) is 13.9. The number of carboxylic acids is 1. The van der Waals surface area contributed by atoms with Gasteiger partial charge in [-0.05, 0) is 71.8 Å². The van der Waals surface area contributed by atoms with Crippen molar-refractivity contribution in [1.82, 2.24) is 15.6 Å². The fourth-order valence-corrected chi connectivity index (χ4v) is 5.46. The van der Waals surface area contributed by atoms with Crippen molar-refractivity contribution in [3.8, 4) is 11.3 Å². The molecule has 1 aliphatic carbocycles. The SMILES string of the molecule is CS(=O)(=O)c1ccc(CCNCc2ccc(-c3ccc(CNC4Cc5ccccc5C4)cc3)nc2)cc1.O=C(O)C(F)(F)F. The van der Waals surface area contributed by atoms with E-state index in [9.17, 15) is 21.6 Å². The number of rotatable bonds is 10. The molecule has 5 rings (SSSR count). The third-order valence-electron chi connectivity index (χ3n) is 7.23. The van der Waals surface area contributed by atoms with E-state index in [0.717, 1.165) is 61.3 Å². The molecule has 3 N–H and O–H groups in total. The molecular weight excluding hydrogens is 591 g/mol. The normalized spacial score (nSPS) is 13.2. The van der Waals surface area contributed by atoms with E-state index in [4.69, 9.17) is 9.90 Å². The van der Waals surface area contributed by atoms with Gasteiger partial charge in [-0.15, -0.1) is 0 Å². The number of fused-ring (bicyclic) bond motifs is 1. The number of carboxylic acid groups (broad SMARTS) is 1. The van der Waals surface area contributed by atoms with Gasteiger partial charge in [0.2, 0.25) is 0 Å². The van der Waals surface area contributed by atoms with Crippen molar-refractivity contribution in [2.24, 2.45) is 0 Å². The molecule has 0 amide bonds. The summed E-state index contributed by atoms with van der Waals surface area (Å²) in [5, 5.41) is 14.3. The van der Waals surface area contributed by atoms with Gasteiger partial charge in [0, 0.05) is 37.1 Å². The van der Waals surface area contributed by atoms with E-state index in [0.29, 0.717) is 10.9 Å². The largest absolute Gasteiger partial charge is 0.490 e. The van der Waals surface area contributed by atoms with E-state index >= 15 is 0 Å².